The minimum atomic E-state index is -0.939. The molecule has 0 unspecified atom stereocenters. The Balaban J connectivity index is 0. The minimum absolute atomic E-state index is 0. The van der Waals surface area contributed by atoms with Gasteiger partial charge in [-0.05, 0) is 12.1 Å². The number of carbonyl (C=O) groups is 1. The second kappa shape index (κ2) is 6.17. The summed E-state index contributed by atoms with van der Waals surface area (Å²) in [6, 6.07) is 6.58. The maximum atomic E-state index is 10.4. The Morgan fingerprint density at radius 1 is 1.25 bits per heavy atom. The molecule has 68 valence electrons. The van der Waals surface area contributed by atoms with E-state index in [9.17, 15) is 4.79 Å². The van der Waals surface area contributed by atoms with Gasteiger partial charge in [0.1, 0.15) is 0 Å². The maximum absolute atomic E-state index is 10.4. The van der Waals surface area contributed by atoms with E-state index in [1.807, 2.05) is 0 Å². The predicted octanol–water partition coefficient (Wildman–Crippen LogP) is 2.52. The average molecular weight is 227 g/mol. The number of hydrogen-bond donors (Lipinski definition) is 2. The summed E-state index contributed by atoms with van der Waals surface area (Å²) in [5.74, 6) is -0.939. The summed E-state index contributed by atoms with van der Waals surface area (Å²) in [6.45, 7) is 0. The maximum Gasteiger partial charge on any atom is 0.336 e. The Hall–Kier alpha value is -0.380. The molecule has 0 radical (unpaired) electrons. The van der Waals surface area contributed by atoms with Crippen LogP contribution in [-0.4, -0.2) is 11.1 Å². The van der Waals surface area contributed by atoms with E-state index in [4.69, 9.17) is 5.11 Å². The van der Waals surface area contributed by atoms with E-state index in [-0.39, 0.29) is 30.4 Å². The zero-order chi connectivity index (χ0) is 7.56. The summed E-state index contributed by atoms with van der Waals surface area (Å²) in [4.78, 5) is 10.9. The van der Waals surface area contributed by atoms with E-state index in [1.165, 1.54) is 6.07 Å². The molecular formula is C7H8Cl2O2S. The monoisotopic (exact) mass is 226 g/mol. The van der Waals surface area contributed by atoms with E-state index in [2.05, 4.69) is 12.6 Å². The van der Waals surface area contributed by atoms with E-state index in [1.54, 1.807) is 18.2 Å². The summed E-state index contributed by atoms with van der Waals surface area (Å²) in [7, 11) is 0. The smallest absolute Gasteiger partial charge is 0.336 e. The molecule has 0 heterocycles. The normalized spacial score (nSPS) is 7.75. The molecule has 0 fully saturated rings. The number of benzene rings is 1. The minimum Gasteiger partial charge on any atom is -0.478 e. The molecule has 0 bridgehead atoms. The number of aromatic carboxylic acids is 1. The lowest BCUT2D eigenvalue weighted by atomic mass is 10.2. The van der Waals surface area contributed by atoms with Gasteiger partial charge >= 0.3 is 5.97 Å². The van der Waals surface area contributed by atoms with E-state index in [0.29, 0.717) is 4.90 Å². The van der Waals surface area contributed by atoms with Gasteiger partial charge in [-0.15, -0.1) is 37.4 Å². The Kier molecular flexibility index (Phi) is 7.28. The molecule has 0 aliphatic rings. The highest BCUT2D eigenvalue weighted by Crippen LogP contribution is 2.11. The zero-order valence-electron chi connectivity index (χ0n) is 5.93. The van der Waals surface area contributed by atoms with Gasteiger partial charge in [0.25, 0.3) is 0 Å². The van der Waals surface area contributed by atoms with Gasteiger partial charge in [-0.25, -0.2) is 4.79 Å². The molecule has 1 N–H and O–H groups in total. The lowest BCUT2D eigenvalue weighted by Crippen LogP contribution is -1.96. The van der Waals surface area contributed by atoms with Crippen molar-refractivity contribution in [3.8, 4) is 0 Å². The highest BCUT2D eigenvalue weighted by Gasteiger charge is 2.03. The third kappa shape index (κ3) is 3.34. The van der Waals surface area contributed by atoms with Crippen molar-refractivity contribution in [2.45, 2.75) is 4.90 Å². The fourth-order valence-corrected chi connectivity index (χ4v) is 0.911. The number of carboxylic acids is 1. The van der Waals surface area contributed by atoms with Crippen molar-refractivity contribution in [2.75, 3.05) is 0 Å². The quantitative estimate of drug-likeness (QED) is 0.723. The SMILES string of the molecule is Cl.Cl.O=C(O)c1ccccc1S. The number of rotatable bonds is 1. The molecule has 1 rings (SSSR count). The summed E-state index contributed by atoms with van der Waals surface area (Å²) in [5.41, 5.74) is 0.242. The van der Waals surface area contributed by atoms with Crippen LogP contribution in [0, 0.1) is 0 Å². The molecule has 12 heavy (non-hydrogen) atoms. The van der Waals surface area contributed by atoms with Crippen molar-refractivity contribution in [3.05, 3.63) is 29.8 Å². The third-order valence-corrected chi connectivity index (χ3v) is 1.52. The van der Waals surface area contributed by atoms with Crippen molar-refractivity contribution in [2.24, 2.45) is 0 Å². The molecule has 0 spiro atoms. The van der Waals surface area contributed by atoms with Gasteiger partial charge in [-0.1, -0.05) is 12.1 Å². The Morgan fingerprint density at radius 3 is 2.08 bits per heavy atom. The molecule has 5 heteroatoms. The predicted molar refractivity (Wildman–Crippen MR) is 55.1 cm³/mol. The van der Waals surface area contributed by atoms with Crippen LogP contribution in [0.25, 0.3) is 0 Å². The van der Waals surface area contributed by atoms with Crippen LogP contribution in [0.15, 0.2) is 29.2 Å². The molecule has 1 aromatic rings. The first-order valence-corrected chi connectivity index (χ1v) is 3.18. The van der Waals surface area contributed by atoms with Gasteiger partial charge in [-0.2, -0.15) is 0 Å². The topological polar surface area (TPSA) is 37.3 Å². The summed E-state index contributed by atoms with van der Waals surface area (Å²) >= 11 is 3.96. The van der Waals surface area contributed by atoms with Crippen molar-refractivity contribution in [1.29, 1.82) is 0 Å². The fraction of sp³-hybridized carbons (Fsp3) is 0. The van der Waals surface area contributed by atoms with Gasteiger partial charge in [-0.3, -0.25) is 0 Å². The molecule has 0 saturated heterocycles. The van der Waals surface area contributed by atoms with Gasteiger partial charge in [0.15, 0.2) is 0 Å². The van der Waals surface area contributed by atoms with Gasteiger partial charge in [0.2, 0.25) is 0 Å². The molecule has 0 saturated carbocycles. The largest absolute Gasteiger partial charge is 0.478 e. The third-order valence-electron chi connectivity index (χ3n) is 1.13. The molecule has 2 nitrogen and oxygen atoms in total. The number of hydrogen-bond acceptors (Lipinski definition) is 2. The number of halogens is 2. The first-order chi connectivity index (χ1) is 4.72. The van der Waals surface area contributed by atoms with Crippen LogP contribution in [0.3, 0.4) is 0 Å². The van der Waals surface area contributed by atoms with Crippen molar-refractivity contribution in [1.82, 2.24) is 0 Å². The molecule has 0 aliphatic heterocycles. The number of carboxylic acid groups (broad SMARTS) is 1. The molecule has 0 amide bonds. The molecule has 0 atom stereocenters. The van der Waals surface area contributed by atoms with Crippen LogP contribution in [0.4, 0.5) is 0 Å². The van der Waals surface area contributed by atoms with E-state index < -0.39 is 5.97 Å². The molecule has 0 aromatic heterocycles. The Labute approximate surface area is 88.2 Å². The van der Waals surface area contributed by atoms with Crippen LogP contribution in [-0.2, 0) is 0 Å². The van der Waals surface area contributed by atoms with Crippen molar-refractivity contribution < 1.29 is 9.90 Å². The highest BCUT2D eigenvalue weighted by atomic mass is 35.5. The average Bonchev–Trinajstić information content (AvgIpc) is 1.88. The first-order valence-electron chi connectivity index (χ1n) is 2.73. The standard InChI is InChI=1S/C7H6O2S.2ClH/c8-7(9)5-3-1-2-4-6(5)10;;/h1-4,10H,(H,8,9);2*1H. The van der Waals surface area contributed by atoms with E-state index >= 15 is 0 Å². The number of thiol groups is 1. The van der Waals surface area contributed by atoms with Gasteiger partial charge < -0.3 is 5.11 Å². The summed E-state index contributed by atoms with van der Waals surface area (Å²) in [6.07, 6.45) is 0. The molecular weight excluding hydrogens is 219 g/mol. The zero-order valence-corrected chi connectivity index (χ0v) is 8.46. The molecule has 0 aliphatic carbocycles. The van der Waals surface area contributed by atoms with Crippen molar-refractivity contribution in [3.63, 3.8) is 0 Å². The fourth-order valence-electron chi connectivity index (χ4n) is 0.654. The first kappa shape index (κ1) is 14.2. The Bertz CT molecular complexity index is 265. The lowest BCUT2D eigenvalue weighted by molar-refractivity contribution is 0.0693. The Morgan fingerprint density at radius 2 is 1.75 bits per heavy atom. The summed E-state index contributed by atoms with van der Waals surface area (Å²) in [5, 5.41) is 8.52. The highest BCUT2D eigenvalue weighted by molar-refractivity contribution is 7.80. The van der Waals surface area contributed by atoms with Crippen LogP contribution in [0.2, 0.25) is 0 Å². The van der Waals surface area contributed by atoms with Crippen LogP contribution in [0.1, 0.15) is 10.4 Å². The van der Waals surface area contributed by atoms with Crippen LogP contribution < -0.4 is 0 Å². The van der Waals surface area contributed by atoms with Gasteiger partial charge in [0, 0.05) is 4.90 Å². The van der Waals surface area contributed by atoms with Crippen LogP contribution >= 0.6 is 37.4 Å². The lowest BCUT2D eigenvalue weighted by Gasteiger charge is -1.95. The van der Waals surface area contributed by atoms with E-state index in [0.717, 1.165) is 0 Å². The summed E-state index contributed by atoms with van der Waals surface area (Å²) < 4.78 is 0. The van der Waals surface area contributed by atoms with Crippen molar-refractivity contribution >= 4 is 43.4 Å². The van der Waals surface area contributed by atoms with Gasteiger partial charge in [0.05, 0.1) is 5.56 Å². The second-order valence-corrected chi connectivity index (χ2v) is 2.30. The van der Waals surface area contributed by atoms with Crippen LogP contribution in [0.5, 0.6) is 0 Å². The molecule has 1 aromatic carbocycles. The second-order valence-electron chi connectivity index (χ2n) is 1.82.